The van der Waals surface area contributed by atoms with E-state index in [1.165, 1.54) is 25.1 Å². The molecule has 0 saturated carbocycles. The lowest BCUT2D eigenvalue weighted by Crippen LogP contribution is -2.11. The SMILES string of the molecule is Cc1cccnc1CS(=O)(=O)c1cccc(C(=O)O)c1C. The molecule has 1 heterocycles. The van der Waals surface area contributed by atoms with Crippen molar-refractivity contribution in [1.29, 1.82) is 0 Å². The van der Waals surface area contributed by atoms with Gasteiger partial charge >= 0.3 is 5.97 Å². The van der Waals surface area contributed by atoms with Crippen LogP contribution in [-0.2, 0) is 15.6 Å². The molecule has 1 aromatic heterocycles. The third kappa shape index (κ3) is 3.11. The Labute approximate surface area is 123 Å². The largest absolute Gasteiger partial charge is 0.478 e. The van der Waals surface area contributed by atoms with E-state index in [9.17, 15) is 13.2 Å². The van der Waals surface area contributed by atoms with E-state index in [1.54, 1.807) is 25.3 Å². The summed E-state index contributed by atoms with van der Waals surface area (Å²) in [5, 5.41) is 9.08. The first kappa shape index (κ1) is 15.2. The molecule has 0 unspecified atom stereocenters. The van der Waals surface area contributed by atoms with Crippen molar-refractivity contribution in [3.63, 3.8) is 0 Å². The summed E-state index contributed by atoms with van der Waals surface area (Å²) in [6.45, 7) is 3.29. The molecule has 0 aliphatic heterocycles. The van der Waals surface area contributed by atoms with E-state index in [1.807, 2.05) is 0 Å². The van der Waals surface area contributed by atoms with E-state index < -0.39 is 15.8 Å². The first-order valence-corrected chi connectivity index (χ1v) is 7.94. The monoisotopic (exact) mass is 305 g/mol. The van der Waals surface area contributed by atoms with Crippen molar-refractivity contribution in [2.45, 2.75) is 24.5 Å². The Kier molecular flexibility index (Phi) is 4.09. The maximum atomic E-state index is 12.5. The van der Waals surface area contributed by atoms with Gasteiger partial charge in [0, 0.05) is 6.20 Å². The van der Waals surface area contributed by atoms with Crippen molar-refractivity contribution in [3.8, 4) is 0 Å². The molecule has 0 atom stereocenters. The number of carboxylic acid groups (broad SMARTS) is 1. The van der Waals surface area contributed by atoms with Gasteiger partial charge in [0.25, 0.3) is 0 Å². The zero-order chi connectivity index (χ0) is 15.6. The predicted octanol–water partition coefficient (Wildman–Crippen LogP) is 2.37. The maximum absolute atomic E-state index is 12.5. The second kappa shape index (κ2) is 5.65. The molecule has 0 aliphatic carbocycles. The van der Waals surface area contributed by atoms with Crippen molar-refractivity contribution >= 4 is 15.8 Å². The van der Waals surface area contributed by atoms with Gasteiger partial charge < -0.3 is 5.11 Å². The highest BCUT2D eigenvalue weighted by molar-refractivity contribution is 7.90. The number of pyridine rings is 1. The number of hydrogen-bond acceptors (Lipinski definition) is 4. The van der Waals surface area contributed by atoms with E-state index in [2.05, 4.69) is 4.98 Å². The molecule has 5 nitrogen and oxygen atoms in total. The molecule has 0 amide bonds. The number of sulfone groups is 1. The molecule has 1 aromatic carbocycles. The second-order valence-corrected chi connectivity index (χ2v) is 6.72. The molecule has 2 aromatic rings. The molecule has 0 bridgehead atoms. The summed E-state index contributed by atoms with van der Waals surface area (Å²) in [7, 11) is -3.65. The fourth-order valence-corrected chi connectivity index (χ4v) is 3.79. The van der Waals surface area contributed by atoms with Gasteiger partial charge in [-0.2, -0.15) is 0 Å². The fraction of sp³-hybridized carbons (Fsp3) is 0.200. The molecule has 6 heteroatoms. The number of carbonyl (C=O) groups is 1. The summed E-state index contributed by atoms with van der Waals surface area (Å²) in [5.41, 5.74) is 1.50. The minimum atomic E-state index is -3.65. The number of hydrogen-bond donors (Lipinski definition) is 1. The van der Waals surface area contributed by atoms with Crippen LogP contribution in [0.15, 0.2) is 41.4 Å². The van der Waals surface area contributed by atoms with Gasteiger partial charge in [0.05, 0.1) is 21.9 Å². The highest BCUT2D eigenvalue weighted by Gasteiger charge is 2.22. The van der Waals surface area contributed by atoms with E-state index in [0.29, 0.717) is 5.69 Å². The molecule has 0 fully saturated rings. The van der Waals surface area contributed by atoms with Crippen molar-refractivity contribution in [1.82, 2.24) is 4.98 Å². The lowest BCUT2D eigenvalue weighted by atomic mass is 10.1. The van der Waals surface area contributed by atoms with E-state index in [0.717, 1.165) is 5.56 Å². The Bertz CT molecular complexity index is 797. The molecule has 0 spiro atoms. The predicted molar refractivity (Wildman–Crippen MR) is 78.0 cm³/mol. The Morgan fingerprint density at radius 2 is 1.90 bits per heavy atom. The highest BCUT2D eigenvalue weighted by atomic mass is 32.2. The van der Waals surface area contributed by atoms with Crippen LogP contribution in [0.5, 0.6) is 0 Å². The van der Waals surface area contributed by atoms with Gasteiger partial charge in [-0.1, -0.05) is 12.1 Å². The zero-order valence-corrected chi connectivity index (χ0v) is 12.5. The molecule has 21 heavy (non-hydrogen) atoms. The number of rotatable bonds is 4. The van der Waals surface area contributed by atoms with Gasteiger partial charge in [-0.3, -0.25) is 4.98 Å². The number of aryl methyl sites for hydroxylation is 1. The van der Waals surface area contributed by atoms with Crippen molar-refractivity contribution in [2.24, 2.45) is 0 Å². The zero-order valence-electron chi connectivity index (χ0n) is 11.7. The first-order valence-electron chi connectivity index (χ1n) is 6.29. The van der Waals surface area contributed by atoms with Crippen LogP contribution in [0.25, 0.3) is 0 Å². The van der Waals surface area contributed by atoms with Crippen LogP contribution in [-0.4, -0.2) is 24.5 Å². The molecule has 110 valence electrons. The molecule has 0 radical (unpaired) electrons. The van der Waals surface area contributed by atoms with Crippen molar-refractivity contribution in [2.75, 3.05) is 0 Å². The molecule has 2 rings (SSSR count). The number of aromatic nitrogens is 1. The Morgan fingerprint density at radius 3 is 2.52 bits per heavy atom. The third-order valence-electron chi connectivity index (χ3n) is 3.29. The maximum Gasteiger partial charge on any atom is 0.335 e. The van der Waals surface area contributed by atoms with Crippen LogP contribution in [0.1, 0.15) is 27.2 Å². The topological polar surface area (TPSA) is 84.3 Å². The lowest BCUT2D eigenvalue weighted by molar-refractivity contribution is 0.0696. The standard InChI is InChI=1S/C15H15NO4S/c1-10-5-4-8-16-13(10)9-21(19,20)14-7-3-6-12(11(14)2)15(17)18/h3-8H,9H2,1-2H3,(H,17,18). The summed E-state index contributed by atoms with van der Waals surface area (Å²) >= 11 is 0. The molecule has 0 aliphatic rings. The van der Waals surface area contributed by atoms with Crippen LogP contribution in [0, 0.1) is 13.8 Å². The highest BCUT2D eigenvalue weighted by Crippen LogP contribution is 2.23. The van der Waals surface area contributed by atoms with Crippen molar-refractivity contribution < 1.29 is 18.3 Å². The Hall–Kier alpha value is -2.21. The third-order valence-corrected chi connectivity index (χ3v) is 5.06. The average Bonchev–Trinajstić information content (AvgIpc) is 2.41. The summed E-state index contributed by atoms with van der Waals surface area (Å²) in [6.07, 6.45) is 1.54. The van der Waals surface area contributed by atoms with Crippen molar-refractivity contribution in [3.05, 3.63) is 58.9 Å². The Balaban J connectivity index is 2.48. The number of carboxylic acids is 1. The number of benzene rings is 1. The smallest absolute Gasteiger partial charge is 0.335 e. The minimum Gasteiger partial charge on any atom is -0.478 e. The number of aromatic carboxylic acids is 1. The van der Waals surface area contributed by atoms with E-state index in [-0.39, 0.29) is 21.8 Å². The fourth-order valence-electron chi connectivity index (χ4n) is 2.11. The van der Waals surface area contributed by atoms with Gasteiger partial charge in [-0.05, 0) is 43.2 Å². The average molecular weight is 305 g/mol. The van der Waals surface area contributed by atoms with Crippen LogP contribution < -0.4 is 0 Å². The molecular weight excluding hydrogens is 290 g/mol. The van der Waals surface area contributed by atoms with Gasteiger partial charge in [-0.15, -0.1) is 0 Å². The van der Waals surface area contributed by atoms with Gasteiger partial charge in [0.2, 0.25) is 0 Å². The number of nitrogens with zero attached hydrogens (tertiary/aromatic N) is 1. The quantitative estimate of drug-likeness (QED) is 0.937. The molecule has 1 N–H and O–H groups in total. The van der Waals surface area contributed by atoms with E-state index in [4.69, 9.17) is 5.11 Å². The van der Waals surface area contributed by atoms with Gasteiger partial charge in [-0.25, -0.2) is 13.2 Å². The summed E-state index contributed by atoms with van der Waals surface area (Å²) in [6, 6.07) is 7.78. The normalized spacial score (nSPS) is 11.3. The first-order chi connectivity index (χ1) is 9.83. The molecule has 0 saturated heterocycles. The van der Waals surface area contributed by atoms with Gasteiger partial charge in [0.1, 0.15) is 0 Å². The van der Waals surface area contributed by atoms with Crippen LogP contribution >= 0.6 is 0 Å². The van der Waals surface area contributed by atoms with Crippen LogP contribution in [0.4, 0.5) is 0 Å². The molecular formula is C15H15NO4S. The second-order valence-electron chi connectivity index (χ2n) is 4.76. The van der Waals surface area contributed by atoms with Crippen LogP contribution in [0.3, 0.4) is 0 Å². The lowest BCUT2D eigenvalue weighted by Gasteiger charge is -2.10. The minimum absolute atomic E-state index is 0.00572. The summed E-state index contributed by atoms with van der Waals surface area (Å²) in [4.78, 5) is 15.2. The summed E-state index contributed by atoms with van der Waals surface area (Å²) < 4.78 is 25.0. The summed E-state index contributed by atoms with van der Waals surface area (Å²) in [5.74, 6) is -1.39. The van der Waals surface area contributed by atoms with E-state index >= 15 is 0 Å². The van der Waals surface area contributed by atoms with Gasteiger partial charge in [0.15, 0.2) is 9.84 Å². The van der Waals surface area contributed by atoms with Crippen LogP contribution in [0.2, 0.25) is 0 Å². The Morgan fingerprint density at radius 1 is 1.19 bits per heavy atom.